The van der Waals surface area contributed by atoms with Crippen LogP contribution in [0, 0.1) is 5.82 Å². The fourth-order valence-electron chi connectivity index (χ4n) is 3.11. The van der Waals surface area contributed by atoms with Crippen LogP contribution in [-0.4, -0.2) is 52.3 Å². The van der Waals surface area contributed by atoms with E-state index < -0.39 is 5.82 Å². The second-order valence-corrected chi connectivity index (χ2v) is 6.81. The predicted molar refractivity (Wildman–Crippen MR) is 109 cm³/mol. The van der Waals surface area contributed by atoms with Gasteiger partial charge in [0.15, 0.2) is 17.4 Å². The van der Waals surface area contributed by atoms with E-state index in [9.17, 15) is 9.18 Å². The Morgan fingerprint density at radius 3 is 3.03 bits per heavy atom. The first-order valence-electron chi connectivity index (χ1n) is 9.14. The van der Waals surface area contributed by atoms with Crippen molar-refractivity contribution < 1.29 is 19.0 Å². The Hall–Kier alpha value is -3.30. The molecule has 8 nitrogen and oxygen atoms in total. The summed E-state index contributed by atoms with van der Waals surface area (Å²) in [6.07, 6.45) is 4.47. The number of halogens is 2. The van der Waals surface area contributed by atoms with Crippen LogP contribution in [0.2, 0.25) is 5.02 Å². The first-order chi connectivity index (χ1) is 14.6. The van der Waals surface area contributed by atoms with Gasteiger partial charge < -0.3 is 20.1 Å². The highest BCUT2D eigenvalue weighted by Crippen LogP contribution is 2.37. The molecule has 0 atom stereocenters. The summed E-state index contributed by atoms with van der Waals surface area (Å²) >= 11 is 6.01. The van der Waals surface area contributed by atoms with Crippen LogP contribution in [0.25, 0.3) is 11.4 Å². The number of anilines is 2. The molecular formula is C20H17ClFN5O3. The molecule has 4 rings (SSSR count). The number of nitrogens with zero attached hydrogens (tertiary/aromatic N) is 4. The van der Waals surface area contributed by atoms with E-state index in [1.807, 2.05) is 0 Å². The molecule has 0 fully saturated rings. The van der Waals surface area contributed by atoms with Crippen LogP contribution in [-0.2, 0) is 0 Å². The van der Waals surface area contributed by atoms with Crippen LogP contribution in [0.3, 0.4) is 0 Å². The number of aromatic nitrogens is 3. The van der Waals surface area contributed by atoms with Gasteiger partial charge in [-0.15, -0.1) is 0 Å². The van der Waals surface area contributed by atoms with E-state index in [2.05, 4.69) is 20.3 Å². The third kappa shape index (κ3) is 3.89. The van der Waals surface area contributed by atoms with E-state index in [4.69, 9.17) is 21.4 Å². The van der Waals surface area contributed by atoms with Crippen molar-refractivity contribution in [3.05, 3.63) is 59.3 Å². The SMILES string of the molecule is O=C(NCCO)c1cnccc1N1CCOc2cnc(-c3cc(Cl)ccc3F)nc21. The number of ether oxygens (including phenoxy) is 1. The topological polar surface area (TPSA) is 100 Å². The first-order valence-corrected chi connectivity index (χ1v) is 9.52. The molecule has 2 aromatic heterocycles. The average Bonchev–Trinajstić information content (AvgIpc) is 2.78. The monoisotopic (exact) mass is 429 g/mol. The highest BCUT2D eigenvalue weighted by molar-refractivity contribution is 6.30. The molecule has 0 saturated heterocycles. The molecule has 0 spiro atoms. The molecule has 10 heteroatoms. The molecule has 1 aliphatic rings. The fourth-order valence-corrected chi connectivity index (χ4v) is 3.28. The summed E-state index contributed by atoms with van der Waals surface area (Å²) < 4.78 is 20.0. The summed E-state index contributed by atoms with van der Waals surface area (Å²) in [5.74, 6) is 0.0644. The zero-order valence-electron chi connectivity index (χ0n) is 15.7. The number of carbonyl (C=O) groups excluding carboxylic acids is 1. The Balaban J connectivity index is 1.78. The zero-order chi connectivity index (χ0) is 21.1. The van der Waals surface area contributed by atoms with Crippen molar-refractivity contribution >= 4 is 29.0 Å². The van der Waals surface area contributed by atoms with Crippen LogP contribution < -0.4 is 15.0 Å². The molecule has 30 heavy (non-hydrogen) atoms. The number of aliphatic hydroxyl groups is 1. The van der Waals surface area contributed by atoms with Gasteiger partial charge in [0.2, 0.25) is 0 Å². The van der Waals surface area contributed by atoms with E-state index >= 15 is 0 Å². The number of hydrogen-bond acceptors (Lipinski definition) is 7. The molecule has 0 saturated carbocycles. The normalized spacial score (nSPS) is 12.8. The van der Waals surface area contributed by atoms with E-state index in [1.54, 1.807) is 17.2 Å². The fraction of sp³-hybridized carbons (Fsp3) is 0.200. The molecule has 1 aliphatic heterocycles. The van der Waals surface area contributed by atoms with Crippen LogP contribution in [0.1, 0.15) is 10.4 Å². The highest BCUT2D eigenvalue weighted by atomic mass is 35.5. The number of hydrogen-bond donors (Lipinski definition) is 2. The lowest BCUT2D eigenvalue weighted by Gasteiger charge is -2.31. The minimum atomic E-state index is -0.504. The van der Waals surface area contributed by atoms with Crippen molar-refractivity contribution in [1.29, 1.82) is 0 Å². The van der Waals surface area contributed by atoms with Crippen molar-refractivity contribution in [2.75, 3.05) is 31.2 Å². The van der Waals surface area contributed by atoms with E-state index in [0.717, 1.165) is 0 Å². The molecule has 0 radical (unpaired) electrons. The molecule has 0 bridgehead atoms. The molecule has 1 aromatic carbocycles. The van der Waals surface area contributed by atoms with Crippen molar-refractivity contribution in [2.45, 2.75) is 0 Å². The molecular weight excluding hydrogens is 413 g/mol. The van der Waals surface area contributed by atoms with Gasteiger partial charge in [-0.1, -0.05) is 11.6 Å². The van der Waals surface area contributed by atoms with Gasteiger partial charge in [0, 0.05) is 24.0 Å². The Morgan fingerprint density at radius 1 is 1.33 bits per heavy atom. The summed E-state index contributed by atoms with van der Waals surface area (Å²) in [4.78, 5) is 27.1. The van der Waals surface area contributed by atoms with Gasteiger partial charge >= 0.3 is 0 Å². The van der Waals surface area contributed by atoms with E-state index in [0.29, 0.717) is 41.0 Å². The van der Waals surface area contributed by atoms with E-state index in [1.165, 1.54) is 30.6 Å². The first kappa shape index (κ1) is 20.0. The van der Waals surface area contributed by atoms with Crippen LogP contribution in [0.4, 0.5) is 15.9 Å². The maximum absolute atomic E-state index is 14.3. The van der Waals surface area contributed by atoms with E-state index in [-0.39, 0.29) is 30.4 Å². The van der Waals surface area contributed by atoms with Crippen molar-refractivity contribution in [3.8, 4) is 17.1 Å². The molecule has 0 aliphatic carbocycles. The lowest BCUT2D eigenvalue weighted by atomic mass is 10.1. The molecule has 1 amide bonds. The van der Waals surface area contributed by atoms with Crippen LogP contribution >= 0.6 is 11.6 Å². The minimum Gasteiger partial charge on any atom is -0.486 e. The Bertz CT molecular complexity index is 1100. The molecule has 0 unspecified atom stereocenters. The maximum Gasteiger partial charge on any atom is 0.255 e. The predicted octanol–water partition coefficient (Wildman–Crippen LogP) is 2.58. The third-order valence-electron chi connectivity index (χ3n) is 4.46. The lowest BCUT2D eigenvalue weighted by molar-refractivity contribution is 0.0945. The van der Waals surface area contributed by atoms with Crippen molar-refractivity contribution in [2.24, 2.45) is 0 Å². The number of pyridine rings is 1. The summed E-state index contributed by atoms with van der Waals surface area (Å²) in [5, 5.41) is 12.0. The molecule has 3 aromatic rings. The number of aliphatic hydroxyl groups excluding tert-OH is 1. The third-order valence-corrected chi connectivity index (χ3v) is 4.70. The van der Waals surface area contributed by atoms with Crippen LogP contribution in [0.15, 0.2) is 42.9 Å². The summed E-state index contributed by atoms with van der Waals surface area (Å²) in [6.45, 7) is 0.698. The number of benzene rings is 1. The van der Waals surface area contributed by atoms with Gasteiger partial charge in [0.25, 0.3) is 5.91 Å². The average molecular weight is 430 g/mol. The van der Waals surface area contributed by atoms with Crippen molar-refractivity contribution in [1.82, 2.24) is 20.3 Å². The van der Waals surface area contributed by atoms with Crippen LogP contribution in [0.5, 0.6) is 5.75 Å². The number of carbonyl (C=O) groups is 1. The maximum atomic E-state index is 14.3. The molecule has 3 heterocycles. The Kier molecular flexibility index (Phi) is 5.73. The Labute approximate surface area is 176 Å². The van der Waals surface area contributed by atoms with Gasteiger partial charge in [-0.05, 0) is 24.3 Å². The highest BCUT2D eigenvalue weighted by Gasteiger charge is 2.26. The summed E-state index contributed by atoms with van der Waals surface area (Å²) in [7, 11) is 0. The Morgan fingerprint density at radius 2 is 2.20 bits per heavy atom. The largest absolute Gasteiger partial charge is 0.486 e. The summed E-state index contributed by atoms with van der Waals surface area (Å²) in [5.41, 5.74) is 1.03. The lowest BCUT2D eigenvalue weighted by Crippen LogP contribution is -2.33. The quantitative estimate of drug-likeness (QED) is 0.642. The number of amides is 1. The van der Waals surface area contributed by atoms with Gasteiger partial charge in [0.05, 0.1) is 36.2 Å². The number of rotatable bonds is 5. The summed E-state index contributed by atoms with van der Waals surface area (Å²) in [6, 6.07) is 5.83. The standard InChI is InChI=1S/C20H17ClFN5O3/c21-12-1-2-15(22)13(9-12)18-25-11-17-19(26-18)27(6-8-30-17)16-3-4-23-10-14(16)20(29)24-5-7-28/h1-4,9-11,28H,5-8H2,(H,24,29). The second kappa shape index (κ2) is 8.60. The smallest absolute Gasteiger partial charge is 0.255 e. The van der Waals surface area contributed by atoms with Crippen molar-refractivity contribution in [3.63, 3.8) is 0 Å². The van der Waals surface area contributed by atoms with Gasteiger partial charge in [-0.25, -0.2) is 14.4 Å². The number of nitrogens with one attached hydrogen (secondary N) is 1. The minimum absolute atomic E-state index is 0.118. The molecule has 2 N–H and O–H groups in total. The second-order valence-electron chi connectivity index (χ2n) is 6.38. The number of fused-ring (bicyclic) bond motifs is 1. The van der Waals surface area contributed by atoms with Gasteiger partial charge in [-0.2, -0.15) is 0 Å². The zero-order valence-corrected chi connectivity index (χ0v) is 16.4. The molecule has 154 valence electrons. The van der Waals surface area contributed by atoms with Gasteiger partial charge in [-0.3, -0.25) is 9.78 Å². The van der Waals surface area contributed by atoms with Gasteiger partial charge in [0.1, 0.15) is 12.4 Å².